The third-order valence-corrected chi connectivity index (χ3v) is 3.57. The van der Waals surface area contributed by atoms with E-state index in [1.165, 1.54) is 13.3 Å². The summed E-state index contributed by atoms with van der Waals surface area (Å²) in [4.78, 5) is 19.1. The number of aliphatic hydroxyl groups is 1. The third-order valence-electron chi connectivity index (χ3n) is 2.67. The topological polar surface area (TPSA) is 95.3 Å². The Labute approximate surface area is 123 Å². The highest BCUT2D eigenvalue weighted by molar-refractivity contribution is 14.1. The molecule has 19 heavy (non-hydrogen) atoms. The van der Waals surface area contributed by atoms with E-state index >= 15 is 0 Å². The van der Waals surface area contributed by atoms with Gasteiger partial charge >= 0.3 is 5.97 Å². The van der Waals surface area contributed by atoms with E-state index in [0.717, 1.165) is 14.5 Å². The minimum absolute atomic E-state index is 0.139. The molecule has 1 unspecified atom stereocenters. The number of nitrogens with one attached hydrogen (secondary N) is 1. The van der Waals surface area contributed by atoms with E-state index in [2.05, 4.69) is 37.9 Å². The monoisotopic (exact) mass is 373 g/mol. The molecule has 6 nitrogen and oxygen atoms in total. The molecule has 0 spiro atoms. The van der Waals surface area contributed by atoms with E-state index < -0.39 is 11.6 Å². The smallest absolute Gasteiger partial charge is 0.337 e. The molecular weight excluding hydrogens is 361 g/mol. The van der Waals surface area contributed by atoms with Crippen LogP contribution in [-0.4, -0.2) is 38.3 Å². The lowest BCUT2D eigenvalue weighted by Gasteiger charge is -2.19. The maximum absolute atomic E-state index is 10.8. The summed E-state index contributed by atoms with van der Waals surface area (Å²) in [6, 6.07) is 5.64. The molecule has 3 N–H and O–H groups in total. The van der Waals surface area contributed by atoms with Gasteiger partial charge in [0.15, 0.2) is 5.60 Å². The van der Waals surface area contributed by atoms with Crippen LogP contribution in [0.4, 0.5) is 5.82 Å². The van der Waals surface area contributed by atoms with Crippen molar-refractivity contribution in [2.75, 3.05) is 11.9 Å². The van der Waals surface area contributed by atoms with Gasteiger partial charge in [0.25, 0.3) is 0 Å². The van der Waals surface area contributed by atoms with Gasteiger partial charge in [-0.15, -0.1) is 0 Å². The molecule has 0 saturated heterocycles. The largest absolute Gasteiger partial charge is 0.479 e. The van der Waals surface area contributed by atoms with E-state index in [-0.39, 0.29) is 6.54 Å². The fraction of sp³-hybridized carbons (Fsp3) is 0.250. The molecule has 7 heteroatoms. The van der Waals surface area contributed by atoms with Gasteiger partial charge in [-0.05, 0) is 41.6 Å². The van der Waals surface area contributed by atoms with Crippen LogP contribution in [0, 0.1) is 3.57 Å². The van der Waals surface area contributed by atoms with Crippen molar-refractivity contribution in [2.24, 2.45) is 0 Å². The van der Waals surface area contributed by atoms with Gasteiger partial charge in [-0.3, -0.25) is 0 Å². The fourth-order valence-electron chi connectivity index (χ4n) is 1.53. The Balaban J connectivity index is 2.34. The molecule has 0 radical (unpaired) electrons. The zero-order chi connectivity index (χ0) is 14.0. The van der Waals surface area contributed by atoms with Gasteiger partial charge in [0.2, 0.25) is 0 Å². The summed E-state index contributed by atoms with van der Waals surface area (Å²) < 4.78 is 0.952. The normalized spacial score (nSPS) is 14.1. The summed E-state index contributed by atoms with van der Waals surface area (Å²) in [6.07, 6.45) is 1.40. The van der Waals surface area contributed by atoms with Crippen LogP contribution < -0.4 is 5.32 Å². The molecule has 0 amide bonds. The number of halogens is 1. The average molecular weight is 373 g/mol. The predicted octanol–water partition coefficient (Wildman–Crippen LogP) is 1.48. The molecule has 0 saturated carbocycles. The first-order valence-corrected chi connectivity index (χ1v) is 6.58. The van der Waals surface area contributed by atoms with Crippen LogP contribution in [0.5, 0.6) is 0 Å². The van der Waals surface area contributed by atoms with Crippen LogP contribution in [-0.2, 0) is 4.79 Å². The van der Waals surface area contributed by atoms with Crippen molar-refractivity contribution in [1.82, 2.24) is 9.97 Å². The van der Waals surface area contributed by atoms with Gasteiger partial charge in [0.05, 0.1) is 17.4 Å². The van der Waals surface area contributed by atoms with Crippen LogP contribution >= 0.6 is 22.6 Å². The summed E-state index contributed by atoms with van der Waals surface area (Å²) in [5.41, 5.74) is -1.09. The minimum atomic E-state index is -1.85. The molecule has 0 aliphatic carbocycles. The molecular formula is C12H12IN3O3. The van der Waals surface area contributed by atoms with Crippen LogP contribution in [0.3, 0.4) is 0 Å². The lowest BCUT2D eigenvalue weighted by Crippen LogP contribution is -2.42. The highest BCUT2D eigenvalue weighted by Gasteiger charge is 2.29. The number of carboxylic acids is 1. The fourth-order valence-corrected chi connectivity index (χ4v) is 2.27. The summed E-state index contributed by atoms with van der Waals surface area (Å²) in [5, 5.41) is 22.2. The second-order valence-corrected chi connectivity index (χ2v) is 5.45. The van der Waals surface area contributed by atoms with Crippen LogP contribution in [0.2, 0.25) is 0 Å². The van der Waals surface area contributed by atoms with Crippen LogP contribution in [0.1, 0.15) is 6.92 Å². The Morgan fingerprint density at radius 1 is 1.47 bits per heavy atom. The second kappa shape index (κ2) is 5.25. The first-order chi connectivity index (χ1) is 8.92. The molecule has 0 aliphatic heterocycles. The van der Waals surface area contributed by atoms with E-state index in [9.17, 15) is 9.90 Å². The number of nitrogens with zero attached hydrogens (tertiary/aromatic N) is 2. The van der Waals surface area contributed by atoms with Gasteiger partial charge in [-0.2, -0.15) is 0 Å². The summed E-state index contributed by atoms with van der Waals surface area (Å²) in [7, 11) is 0. The maximum Gasteiger partial charge on any atom is 0.337 e. The van der Waals surface area contributed by atoms with E-state index in [1.54, 1.807) is 0 Å². The molecule has 0 fully saturated rings. The molecule has 0 aliphatic rings. The molecule has 1 aromatic carbocycles. The van der Waals surface area contributed by atoms with Gasteiger partial charge in [0.1, 0.15) is 12.1 Å². The van der Waals surface area contributed by atoms with Crippen molar-refractivity contribution >= 4 is 45.3 Å². The lowest BCUT2D eigenvalue weighted by atomic mass is 10.1. The zero-order valence-electron chi connectivity index (χ0n) is 10.1. The van der Waals surface area contributed by atoms with Crippen LogP contribution in [0.25, 0.3) is 10.9 Å². The summed E-state index contributed by atoms with van der Waals surface area (Å²) in [5.74, 6) is -0.774. The number of fused-ring (bicyclic) bond motifs is 1. The predicted molar refractivity (Wildman–Crippen MR) is 79.0 cm³/mol. The number of carbonyl (C=O) groups is 1. The lowest BCUT2D eigenvalue weighted by molar-refractivity contribution is -0.155. The Morgan fingerprint density at radius 3 is 2.89 bits per heavy atom. The summed E-state index contributed by atoms with van der Waals surface area (Å²) in [6.45, 7) is 1.09. The average Bonchev–Trinajstić information content (AvgIpc) is 2.36. The van der Waals surface area contributed by atoms with Gasteiger partial charge < -0.3 is 15.5 Å². The third kappa shape index (κ3) is 2.92. The van der Waals surface area contributed by atoms with Gasteiger partial charge in [-0.25, -0.2) is 14.8 Å². The van der Waals surface area contributed by atoms with Crippen LogP contribution in [0.15, 0.2) is 24.5 Å². The summed E-state index contributed by atoms with van der Waals surface area (Å²) >= 11 is 2.16. The second-order valence-electron chi connectivity index (χ2n) is 4.29. The van der Waals surface area contributed by atoms with Crippen molar-refractivity contribution in [3.63, 3.8) is 0 Å². The zero-order valence-corrected chi connectivity index (χ0v) is 12.2. The molecule has 1 atom stereocenters. The number of carboxylic acid groups (broad SMARTS) is 1. The number of rotatable bonds is 4. The number of hydrogen-bond acceptors (Lipinski definition) is 5. The Bertz CT molecular complexity index is 625. The van der Waals surface area contributed by atoms with Crippen molar-refractivity contribution in [3.05, 3.63) is 28.1 Å². The number of benzene rings is 1. The number of anilines is 1. The standard InChI is InChI=1S/C12H12IN3O3/c1-12(19,11(17)18)5-14-10-9-7(13)3-2-4-8(9)15-6-16-10/h2-4,6,19H,5H2,1H3,(H,17,18)(H,14,15,16). The molecule has 2 aromatic rings. The molecule has 2 rings (SSSR count). The van der Waals surface area contributed by atoms with Crippen molar-refractivity contribution in [2.45, 2.75) is 12.5 Å². The van der Waals surface area contributed by atoms with Crippen molar-refractivity contribution in [3.8, 4) is 0 Å². The van der Waals surface area contributed by atoms with E-state index in [0.29, 0.717) is 5.82 Å². The molecule has 100 valence electrons. The maximum atomic E-state index is 10.8. The van der Waals surface area contributed by atoms with Crippen molar-refractivity contribution in [1.29, 1.82) is 0 Å². The van der Waals surface area contributed by atoms with Gasteiger partial charge in [0, 0.05) is 3.57 Å². The van der Waals surface area contributed by atoms with Crippen molar-refractivity contribution < 1.29 is 15.0 Å². The minimum Gasteiger partial charge on any atom is -0.479 e. The first-order valence-electron chi connectivity index (χ1n) is 5.51. The molecule has 1 heterocycles. The van der Waals surface area contributed by atoms with E-state index in [1.807, 2.05) is 18.2 Å². The molecule has 1 aromatic heterocycles. The SMILES string of the molecule is CC(O)(CNc1ncnc2cccc(I)c12)C(=O)O. The highest BCUT2D eigenvalue weighted by atomic mass is 127. The van der Waals surface area contributed by atoms with E-state index in [4.69, 9.17) is 5.11 Å². The quantitative estimate of drug-likeness (QED) is 0.703. The number of hydrogen-bond donors (Lipinski definition) is 3. The Morgan fingerprint density at radius 2 is 2.21 bits per heavy atom. The Kier molecular flexibility index (Phi) is 3.85. The Hall–Kier alpha value is -1.48. The highest BCUT2D eigenvalue weighted by Crippen LogP contribution is 2.25. The number of aliphatic carboxylic acids is 1. The molecule has 0 bridgehead atoms. The first kappa shape index (κ1) is 13.9. The number of aromatic nitrogens is 2. The van der Waals surface area contributed by atoms with Gasteiger partial charge in [-0.1, -0.05) is 6.07 Å².